The second-order valence-electron chi connectivity index (χ2n) is 5.71. The highest BCUT2D eigenvalue weighted by atomic mass is 16.4. The highest BCUT2D eigenvalue weighted by molar-refractivity contribution is 5.94. The van der Waals surface area contributed by atoms with Gasteiger partial charge in [0, 0.05) is 30.2 Å². The molecule has 116 valence electrons. The molecule has 2 N–H and O–H groups in total. The SMILES string of the molecule is CC(C)(CCNC(=O)c1ccc(-n2ccnc2)cc1)C(=O)O. The van der Waals surface area contributed by atoms with E-state index < -0.39 is 11.4 Å². The molecule has 0 atom stereocenters. The number of nitrogens with zero attached hydrogens (tertiary/aromatic N) is 2. The Morgan fingerprint density at radius 2 is 1.95 bits per heavy atom. The van der Waals surface area contributed by atoms with E-state index >= 15 is 0 Å². The van der Waals surface area contributed by atoms with Gasteiger partial charge in [-0.1, -0.05) is 0 Å². The van der Waals surface area contributed by atoms with Gasteiger partial charge in [-0.15, -0.1) is 0 Å². The Bertz CT molecular complexity index is 646. The molecule has 6 nitrogen and oxygen atoms in total. The van der Waals surface area contributed by atoms with E-state index in [0.29, 0.717) is 18.5 Å². The summed E-state index contributed by atoms with van der Waals surface area (Å²) in [5.74, 6) is -1.08. The summed E-state index contributed by atoms with van der Waals surface area (Å²) in [6, 6.07) is 7.12. The second-order valence-corrected chi connectivity index (χ2v) is 5.71. The van der Waals surface area contributed by atoms with Crippen molar-refractivity contribution in [1.29, 1.82) is 0 Å². The fourth-order valence-corrected chi connectivity index (χ4v) is 1.89. The molecule has 0 spiro atoms. The highest BCUT2D eigenvalue weighted by Gasteiger charge is 2.26. The third kappa shape index (κ3) is 3.72. The van der Waals surface area contributed by atoms with Crippen LogP contribution in [0, 0.1) is 5.41 Å². The van der Waals surface area contributed by atoms with E-state index in [1.165, 1.54) is 0 Å². The number of rotatable bonds is 6. The van der Waals surface area contributed by atoms with E-state index in [2.05, 4.69) is 10.3 Å². The van der Waals surface area contributed by atoms with Gasteiger partial charge < -0.3 is 15.0 Å². The molecule has 2 aromatic rings. The van der Waals surface area contributed by atoms with E-state index in [0.717, 1.165) is 5.69 Å². The van der Waals surface area contributed by atoms with Crippen molar-refractivity contribution in [1.82, 2.24) is 14.9 Å². The van der Waals surface area contributed by atoms with Gasteiger partial charge in [0.05, 0.1) is 11.7 Å². The van der Waals surface area contributed by atoms with Gasteiger partial charge in [0.2, 0.25) is 0 Å². The number of hydrogen-bond donors (Lipinski definition) is 2. The van der Waals surface area contributed by atoms with Gasteiger partial charge in [-0.2, -0.15) is 0 Å². The van der Waals surface area contributed by atoms with Crippen LogP contribution in [0.4, 0.5) is 0 Å². The zero-order valence-electron chi connectivity index (χ0n) is 12.6. The first-order valence-corrected chi connectivity index (χ1v) is 7.00. The lowest BCUT2D eigenvalue weighted by atomic mass is 9.90. The molecule has 6 heteroatoms. The molecular weight excluding hydrogens is 282 g/mol. The minimum Gasteiger partial charge on any atom is -0.481 e. The van der Waals surface area contributed by atoms with Crippen molar-refractivity contribution >= 4 is 11.9 Å². The predicted octanol–water partition coefficient (Wildman–Crippen LogP) is 2.10. The lowest BCUT2D eigenvalue weighted by molar-refractivity contribution is -0.147. The number of carbonyl (C=O) groups excluding carboxylic acids is 1. The molecule has 1 aromatic heterocycles. The van der Waals surface area contributed by atoms with Crippen LogP contribution in [-0.4, -0.2) is 33.1 Å². The maximum atomic E-state index is 12.0. The molecule has 1 heterocycles. The van der Waals surface area contributed by atoms with E-state index in [4.69, 9.17) is 5.11 Å². The van der Waals surface area contributed by atoms with Crippen LogP contribution < -0.4 is 5.32 Å². The lowest BCUT2D eigenvalue weighted by Gasteiger charge is -2.18. The number of imidazole rings is 1. The van der Waals surface area contributed by atoms with Crippen molar-refractivity contribution in [3.8, 4) is 5.69 Å². The number of hydrogen-bond acceptors (Lipinski definition) is 3. The number of aromatic nitrogens is 2. The van der Waals surface area contributed by atoms with Gasteiger partial charge in [-0.25, -0.2) is 4.98 Å². The number of aliphatic carboxylic acids is 1. The van der Waals surface area contributed by atoms with E-state index in [1.807, 2.05) is 22.9 Å². The molecule has 0 fully saturated rings. The van der Waals surface area contributed by atoms with Crippen molar-refractivity contribution in [3.05, 3.63) is 48.5 Å². The first-order valence-electron chi connectivity index (χ1n) is 7.00. The number of nitrogens with one attached hydrogen (secondary N) is 1. The molecule has 0 aliphatic carbocycles. The molecule has 22 heavy (non-hydrogen) atoms. The Morgan fingerprint density at radius 1 is 1.27 bits per heavy atom. The normalized spacial score (nSPS) is 11.2. The van der Waals surface area contributed by atoms with E-state index in [9.17, 15) is 9.59 Å². The zero-order valence-corrected chi connectivity index (χ0v) is 12.6. The zero-order chi connectivity index (χ0) is 16.2. The standard InChI is InChI=1S/C16H19N3O3/c1-16(2,15(21)22)7-8-18-14(20)12-3-5-13(6-4-12)19-10-9-17-11-19/h3-6,9-11H,7-8H2,1-2H3,(H,18,20)(H,21,22). The third-order valence-corrected chi connectivity index (χ3v) is 3.55. The average molecular weight is 301 g/mol. The Hall–Kier alpha value is -2.63. The molecule has 0 saturated heterocycles. The van der Waals surface area contributed by atoms with Gasteiger partial charge in [0.15, 0.2) is 0 Å². The summed E-state index contributed by atoms with van der Waals surface area (Å²) in [5, 5.41) is 11.8. The number of benzene rings is 1. The molecular formula is C16H19N3O3. The van der Waals surface area contributed by atoms with Crippen LogP contribution in [0.15, 0.2) is 43.0 Å². The van der Waals surface area contributed by atoms with Crippen molar-refractivity contribution < 1.29 is 14.7 Å². The average Bonchev–Trinajstić information content (AvgIpc) is 3.01. The Kier molecular flexibility index (Phi) is 4.60. The summed E-state index contributed by atoms with van der Waals surface area (Å²) in [4.78, 5) is 27.0. The third-order valence-electron chi connectivity index (χ3n) is 3.55. The number of carbonyl (C=O) groups is 2. The van der Waals surface area contributed by atoms with Crippen LogP contribution in [0.2, 0.25) is 0 Å². The van der Waals surface area contributed by atoms with Crippen LogP contribution in [0.1, 0.15) is 30.6 Å². The molecule has 0 bridgehead atoms. The van der Waals surface area contributed by atoms with Gasteiger partial charge in [-0.05, 0) is 44.5 Å². The molecule has 2 rings (SSSR count). The summed E-state index contributed by atoms with van der Waals surface area (Å²) in [6.45, 7) is 3.60. The van der Waals surface area contributed by atoms with Gasteiger partial charge in [-0.3, -0.25) is 9.59 Å². The fourth-order valence-electron chi connectivity index (χ4n) is 1.89. The minimum atomic E-state index is -0.869. The topological polar surface area (TPSA) is 84.2 Å². The Balaban J connectivity index is 1.92. The van der Waals surface area contributed by atoms with Crippen molar-refractivity contribution in [2.75, 3.05) is 6.54 Å². The van der Waals surface area contributed by atoms with Crippen LogP contribution in [-0.2, 0) is 4.79 Å². The maximum absolute atomic E-state index is 12.0. The number of carboxylic acids is 1. The molecule has 0 aliphatic heterocycles. The van der Waals surface area contributed by atoms with Gasteiger partial charge >= 0.3 is 5.97 Å². The first kappa shape index (κ1) is 15.8. The smallest absolute Gasteiger partial charge is 0.309 e. The monoisotopic (exact) mass is 301 g/mol. The van der Waals surface area contributed by atoms with E-state index in [1.54, 1.807) is 38.5 Å². The molecule has 0 radical (unpaired) electrons. The van der Waals surface area contributed by atoms with Crippen LogP contribution >= 0.6 is 0 Å². The van der Waals surface area contributed by atoms with Crippen LogP contribution in [0.25, 0.3) is 5.69 Å². The summed E-state index contributed by atoms with van der Waals surface area (Å²) >= 11 is 0. The number of amides is 1. The van der Waals surface area contributed by atoms with Gasteiger partial charge in [0.25, 0.3) is 5.91 Å². The molecule has 0 aliphatic rings. The predicted molar refractivity (Wildman–Crippen MR) is 81.9 cm³/mol. The van der Waals surface area contributed by atoms with Crippen LogP contribution in [0.5, 0.6) is 0 Å². The fraction of sp³-hybridized carbons (Fsp3) is 0.312. The lowest BCUT2D eigenvalue weighted by Crippen LogP contribution is -2.31. The largest absolute Gasteiger partial charge is 0.481 e. The van der Waals surface area contributed by atoms with Gasteiger partial charge in [0.1, 0.15) is 0 Å². The maximum Gasteiger partial charge on any atom is 0.309 e. The number of carboxylic acid groups (broad SMARTS) is 1. The second kappa shape index (κ2) is 6.43. The summed E-state index contributed by atoms with van der Waals surface area (Å²) in [6.07, 6.45) is 5.57. The Morgan fingerprint density at radius 3 is 2.50 bits per heavy atom. The van der Waals surface area contributed by atoms with Crippen LogP contribution in [0.3, 0.4) is 0 Å². The first-order chi connectivity index (χ1) is 10.4. The summed E-state index contributed by atoms with van der Waals surface area (Å²) in [7, 11) is 0. The highest BCUT2D eigenvalue weighted by Crippen LogP contribution is 2.19. The summed E-state index contributed by atoms with van der Waals surface area (Å²) < 4.78 is 1.84. The Labute approximate surface area is 128 Å². The molecule has 0 unspecified atom stereocenters. The molecule has 1 aromatic carbocycles. The van der Waals surface area contributed by atoms with Crippen molar-refractivity contribution in [2.24, 2.45) is 5.41 Å². The van der Waals surface area contributed by atoms with E-state index in [-0.39, 0.29) is 5.91 Å². The summed E-state index contributed by atoms with van der Waals surface area (Å²) in [5.41, 5.74) is 0.608. The molecule has 1 amide bonds. The minimum absolute atomic E-state index is 0.210. The van der Waals surface area contributed by atoms with Crippen molar-refractivity contribution in [2.45, 2.75) is 20.3 Å². The van der Waals surface area contributed by atoms with Crippen molar-refractivity contribution in [3.63, 3.8) is 0 Å². The quantitative estimate of drug-likeness (QED) is 0.855. The molecule has 0 saturated carbocycles.